The molecule has 1 atom stereocenters. The van der Waals surface area contributed by atoms with Crippen LogP contribution >= 0.6 is 23.2 Å². The molecule has 0 spiro atoms. The number of carbonyl (C=O) groups is 1. The maximum atomic E-state index is 11.6. The molecule has 4 heteroatoms. The molecule has 0 bridgehead atoms. The topological polar surface area (TPSA) is 29.1 Å². The van der Waals surface area contributed by atoms with E-state index in [4.69, 9.17) is 23.2 Å². The molecule has 94 valence electrons. The number of rotatable bonds is 4. The highest BCUT2D eigenvalue weighted by Gasteiger charge is 2.13. The highest BCUT2D eigenvalue weighted by Crippen LogP contribution is 2.26. The number of amides is 1. The molecular formula is C13H17Cl2NO. The highest BCUT2D eigenvalue weighted by molar-refractivity contribution is 6.35. The van der Waals surface area contributed by atoms with Gasteiger partial charge in [0, 0.05) is 16.5 Å². The van der Waals surface area contributed by atoms with Gasteiger partial charge in [0.05, 0.1) is 6.04 Å². The van der Waals surface area contributed by atoms with Crippen molar-refractivity contribution >= 4 is 29.1 Å². The van der Waals surface area contributed by atoms with E-state index in [1.165, 1.54) is 0 Å². The second-order valence-electron chi connectivity index (χ2n) is 4.55. The molecule has 0 aliphatic rings. The van der Waals surface area contributed by atoms with Gasteiger partial charge >= 0.3 is 0 Å². The van der Waals surface area contributed by atoms with Crippen molar-refractivity contribution < 1.29 is 4.79 Å². The quantitative estimate of drug-likeness (QED) is 0.875. The molecule has 0 aromatic heterocycles. The lowest BCUT2D eigenvalue weighted by atomic mass is 10.1. The van der Waals surface area contributed by atoms with Crippen LogP contribution in [0.25, 0.3) is 0 Å². The van der Waals surface area contributed by atoms with Gasteiger partial charge in [-0.1, -0.05) is 43.1 Å². The Balaban J connectivity index is 2.69. The van der Waals surface area contributed by atoms with Crippen molar-refractivity contribution in [2.24, 2.45) is 5.92 Å². The van der Waals surface area contributed by atoms with Gasteiger partial charge in [-0.25, -0.2) is 0 Å². The predicted octanol–water partition coefficient (Wildman–Crippen LogP) is 4.22. The van der Waals surface area contributed by atoms with Gasteiger partial charge in [0.15, 0.2) is 0 Å². The van der Waals surface area contributed by atoms with Crippen molar-refractivity contribution in [1.82, 2.24) is 5.32 Å². The van der Waals surface area contributed by atoms with Crippen molar-refractivity contribution in [2.45, 2.75) is 33.2 Å². The van der Waals surface area contributed by atoms with E-state index < -0.39 is 0 Å². The Bertz CT molecular complexity index is 404. The van der Waals surface area contributed by atoms with Crippen LogP contribution in [0.3, 0.4) is 0 Å². The minimum absolute atomic E-state index is 0.0403. The van der Waals surface area contributed by atoms with Crippen LogP contribution < -0.4 is 5.32 Å². The third kappa shape index (κ3) is 4.57. The normalized spacial score (nSPS) is 12.6. The van der Waals surface area contributed by atoms with Gasteiger partial charge in [0.25, 0.3) is 0 Å². The van der Waals surface area contributed by atoms with E-state index in [0.29, 0.717) is 22.4 Å². The molecule has 0 saturated heterocycles. The van der Waals surface area contributed by atoms with Crippen molar-refractivity contribution in [1.29, 1.82) is 0 Å². The van der Waals surface area contributed by atoms with E-state index in [1.807, 2.05) is 26.8 Å². The molecule has 1 rings (SSSR count). The lowest BCUT2D eigenvalue weighted by Crippen LogP contribution is -2.27. The van der Waals surface area contributed by atoms with E-state index in [2.05, 4.69) is 5.32 Å². The summed E-state index contributed by atoms with van der Waals surface area (Å²) in [5, 5.41) is 4.10. The van der Waals surface area contributed by atoms with Crippen molar-refractivity contribution in [3.63, 3.8) is 0 Å². The fraction of sp³-hybridized carbons (Fsp3) is 0.462. The minimum atomic E-state index is -0.106. The maximum absolute atomic E-state index is 11.6. The number of hydrogen-bond donors (Lipinski definition) is 1. The molecule has 0 heterocycles. The van der Waals surface area contributed by atoms with Gasteiger partial charge in [-0.3, -0.25) is 4.79 Å². The molecule has 0 saturated carbocycles. The van der Waals surface area contributed by atoms with Crippen LogP contribution in [-0.2, 0) is 4.79 Å². The molecule has 17 heavy (non-hydrogen) atoms. The Morgan fingerprint density at radius 3 is 2.47 bits per heavy atom. The van der Waals surface area contributed by atoms with Crippen LogP contribution in [0, 0.1) is 5.92 Å². The van der Waals surface area contributed by atoms with Crippen LogP contribution in [0.2, 0.25) is 10.0 Å². The Kier molecular flexibility index (Phi) is 5.29. The van der Waals surface area contributed by atoms with Gasteiger partial charge in [-0.2, -0.15) is 0 Å². The summed E-state index contributed by atoms with van der Waals surface area (Å²) in [4.78, 5) is 11.6. The lowest BCUT2D eigenvalue weighted by Gasteiger charge is -2.16. The summed E-state index contributed by atoms with van der Waals surface area (Å²) < 4.78 is 0. The van der Waals surface area contributed by atoms with Crippen LogP contribution in [0.5, 0.6) is 0 Å². The fourth-order valence-corrected chi connectivity index (χ4v) is 2.17. The molecule has 0 aliphatic carbocycles. The smallest absolute Gasteiger partial charge is 0.220 e. The van der Waals surface area contributed by atoms with E-state index in [-0.39, 0.29) is 11.9 Å². The molecule has 0 fully saturated rings. The first-order chi connectivity index (χ1) is 7.90. The molecule has 1 aromatic rings. The molecule has 0 radical (unpaired) electrons. The number of nitrogens with one attached hydrogen (secondary N) is 1. The minimum Gasteiger partial charge on any atom is -0.350 e. The SMILES string of the molecule is CC(C)CC(=O)NC(C)c1ccc(Cl)cc1Cl. The summed E-state index contributed by atoms with van der Waals surface area (Å²) in [5.74, 6) is 0.390. The zero-order valence-electron chi connectivity index (χ0n) is 10.3. The van der Waals surface area contributed by atoms with Crippen LogP contribution in [-0.4, -0.2) is 5.91 Å². The molecule has 1 amide bonds. The monoisotopic (exact) mass is 273 g/mol. The van der Waals surface area contributed by atoms with Gasteiger partial charge in [0.2, 0.25) is 5.91 Å². The second kappa shape index (κ2) is 6.27. The van der Waals surface area contributed by atoms with Gasteiger partial charge in [-0.05, 0) is 30.5 Å². The van der Waals surface area contributed by atoms with Crippen LogP contribution in [0.1, 0.15) is 38.8 Å². The van der Waals surface area contributed by atoms with E-state index in [0.717, 1.165) is 5.56 Å². The lowest BCUT2D eigenvalue weighted by molar-refractivity contribution is -0.122. The Morgan fingerprint density at radius 2 is 1.94 bits per heavy atom. The molecule has 1 unspecified atom stereocenters. The standard InChI is InChI=1S/C13H17Cl2NO/c1-8(2)6-13(17)16-9(3)11-5-4-10(14)7-12(11)15/h4-5,7-9H,6H2,1-3H3,(H,16,17). The summed E-state index contributed by atoms with van der Waals surface area (Å²) >= 11 is 11.9. The first kappa shape index (κ1) is 14.3. The van der Waals surface area contributed by atoms with Crippen molar-refractivity contribution in [2.75, 3.05) is 0 Å². The Labute approximate surface area is 112 Å². The number of benzene rings is 1. The third-order valence-electron chi connectivity index (χ3n) is 2.40. The molecular weight excluding hydrogens is 257 g/mol. The zero-order chi connectivity index (χ0) is 13.0. The summed E-state index contributed by atoms with van der Waals surface area (Å²) in [5.41, 5.74) is 0.883. The molecule has 1 N–H and O–H groups in total. The Hall–Kier alpha value is -0.730. The van der Waals surface area contributed by atoms with E-state index in [1.54, 1.807) is 12.1 Å². The summed E-state index contributed by atoms with van der Waals surface area (Å²) in [6.07, 6.45) is 0.523. The predicted molar refractivity (Wildman–Crippen MR) is 72.5 cm³/mol. The van der Waals surface area contributed by atoms with Gasteiger partial charge < -0.3 is 5.32 Å². The first-order valence-electron chi connectivity index (χ1n) is 5.64. The fourth-order valence-electron chi connectivity index (χ4n) is 1.60. The molecule has 2 nitrogen and oxygen atoms in total. The third-order valence-corrected chi connectivity index (χ3v) is 2.96. The van der Waals surface area contributed by atoms with E-state index >= 15 is 0 Å². The number of hydrogen-bond acceptors (Lipinski definition) is 1. The Morgan fingerprint density at radius 1 is 1.29 bits per heavy atom. The largest absolute Gasteiger partial charge is 0.350 e. The van der Waals surface area contributed by atoms with Crippen LogP contribution in [0.4, 0.5) is 0 Å². The number of halogens is 2. The first-order valence-corrected chi connectivity index (χ1v) is 6.40. The average molecular weight is 274 g/mol. The van der Waals surface area contributed by atoms with Crippen LogP contribution in [0.15, 0.2) is 18.2 Å². The van der Waals surface area contributed by atoms with Gasteiger partial charge in [0.1, 0.15) is 0 Å². The summed E-state index contributed by atoms with van der Waals surface area (Å²) in [6.45, 7) is 5.94. The van der Waals surface area contributed by atoms with Gasteiger partial charge in [-0.15, -0.1) is 0 Å². The van der Waals surface area contributed by atoms with Crippen molar-refractivity contribution in [3.8, 4) is 0 Å². The zero-order valence-corrected chi connectivity index (χ0v) is 11.8. The average Bonchev–Trinajstić information content (AvgIpc) is 2.15. The van der Waals surface area contributed by atoms with Crippen molar-refractivity contribution in [3.05, 3.63) is 33.8 Å². The highest BCUT2D eigenvalue weighted by atomic mass is 35.5. The summed E-state index contributed by atoms with van der Waals surface area (Å²) in [7, 11) is 0. The summed E-state index contributed by atoms with van der Waals surface area (Å²) in [6, 6.07) is 5.19. The molecule has 0 aliphatic heterocycles. The maximum Gasteiger partial charge on any atom is 0.220 e. The number of carbonyl (C=O) groups excluding carboxylic acids is 1. The van der Waals surface area contributed by atoms with E-state index in [9.17, 15) is 4.79 Å². The second-order valence-corrected chi connectivity index (χ2v) is 5.40. The molecule has 1 aromatic carbocycles.